The fourth-order valence-corrected chi connectivity index (χ4v) is 1.86. The second-order valence-electron chi connectivity index (χ2n) is 4.70. The third kappa shape index (κ3) is 6.88. The summed E-state index contributed by atoms with van der Waals surface area (Å²) in [5.74, 6) is 6.08. The van der Waals surface area contributed by atoms with Gasteiger partial charge in [-0.15, -0.1) is 6.58 Å². The van der Waals surface area contributed by atoms with E-state index in [0.29, 0.717) is 6.61 Å². The van der Waals surface area contributed by atoms with Crippen LogP contribution in [0.3, 0.4) is 0 Å². The van der Waals surface area contributed by atoms with Gasteiger partial charge in [-0.05, 0) is 30.7 Å². The molecule has 1 N–H and O–H groups in total. The molecule has 0 saturated carbocycles. The van der Waals surface area contributed by atoms with Crippen LogP contribution in [0.2, 0.25) is 0 Å². The molecule has 5 nitrogen and oxygen atoms in total. The molecule has 3 heterocycles. The molecule has 0 spiro atoms. The number of nitrogens with one attached hydrogen (secondary N) is 1. The van der Waals surface area contributed by atoms with Gasteiger partial charge in [0.05, 0.1) is 6.04 Å². The summed E-state index contributed by atoms with van der Waals surface area (Å²) >= 11 is 0. The van der Waals surface area contributed by atoms with Crippen LogP contribution >= 0.6 is 0 Å². The molecule has 5 heteroatoms. The number of ether oxygens (including phenoxy) is 1. The Morgan fingerprint density at radius 1 is 1.20 bits per heavy atom. The number of aromatic nitrogens is 2. The van der Waals surface area contributed by atoms with E-state index in [1.165, 1.54) is 0 Å². The number of allylic oxidation sites excluding steroid dienone is 1. The first-order chi connectivity index (χ1) is 12.2. The predicted molar refractivity (Wildman–Crippen MR) is 98.9 cm³/mol. The van der Waals surface area contributed by atoms with E-state index in [2.05, 4.69) is 33.7 Å². The van der Waals surface area contributed by atoms with Gasteiger partial charge in [0, 0.05) is 35.9 Å². The third-order valence-corrected chi connectivity index (χ3v) is 2.87. The molecule has 2 aromatic rings. The van der Waals surface area contributed by atoms with Crippen LogP contribution < -0.4 is 5.32 Å². The summed E-state index contributed by atoms with van der Waals surface area (Å²) in [6, 6.07) is 5.43. The SMILES string of the molecule is C=CC.CC.O=C1N[C@H](c2cncc(C#Cc3ccncc3)c2)CO1. The van der Waals surface area contributed by atoms with Crippen molar-refractivity contribution >= 4 is 6.09 Å². The van der Waals surface area contributed by atoms with Gasteiger partial charge in [-0.25, -0.2) is 4.79 Å². The molecule has 25 heavy (non-hydrogen) atoms. The summed E-state index contributed by atoms with van der Waals surface area (Å²) in [6.07, 6.45) is 8.14. The predicted octanol–water partition coefficient (Wildman–Crippen LogP) is 3.88. The molecule has 3 rings (SSSR count). The molecule has 1 amide bonds. The summed E-state index contributed by atoms with van der Waals surface area (Å²) in [5, 5.41) is 2.71. The van der Waals surface area contributed by atoms with Crippen LogP contribution in [0.1, 0.15) is 43.5 Å². The summed E-state index contributed by atoms with van der Waals surface area (Å²) < 4.78 is 4.87. The van der Waals surface area contributed by atoms with E-state index < -0.39 is 6.09 Å². The highest BCUT2D eigenvalue weighted by Gasteiger charge is 2.23. The van der Waals surface area contributed by atoms with Crippen LogP contribution in [0.5, 0.6) is 0 Å². The van der Waals surface area contributed by atoms with Gasteiger partial charge < -0.3 is 10.1 Å². The normalized spacial score (nSPS) is 14.2. The van der Waals surface area contributed by atoms with Crippen LogP contribution in [0.25, 0.3) is 0 Å². The number of hydrogen-bond donors (Lipinski definition) is 1. The average molecular weight is 337 g/mol. The zero-order valence-corrected chi connectivity index (χ0v) is 14.8. The van der Waals surface area contributed by atoms with Crippen molar-refractivity contribution in [3.05, 3.63) is 72.3 Å². The molecule has 1 aliphatic heterocycles. The third-order valence-electron chi connectivity index (χ3n) is 2.87. The van der Waals surface area contributed by atoms with E-state index in [-0.39, 0.29) is 6.04 Å². The lowest BCUT2D eigenvalue weighted by Gasteiger charge is -2.06. The summed E-state index contributed by atoms with van der Waals surface area (Å²) in [7, 11) is 0. The van der Waals surface area contributed by atoms with E-state index in [9.17, 15) is 4.79 Å². The lowest BCUT2D eigenvalue weighted by atomic mass is 10.1. The number of alkyl carbamates (subject to hydrolysis) is 1. The minimum Gasteiger partial charge on any atom is -0.447 e. The highest BCUT2D eigenvalue weighted by Crippen LogP contribution is 2.17. The van der Waals surface area contributed by atoms with Crippen molar-refractivity contribution in [1.29, 1.82) is 0 Å². The second-order valence-corrected chi connectivity index (χ2v) is 4.70. The van der Waals surface area contributed by atoms with Crippen molar-refractivity contribution in [2.75, 3.05) is 6.61 Å². The number of cyclic esters (lactones) is 1. The summed E-state index contributed by atoms with van der Waals surface area (Å²) in [4.78, 5) is 19.1. The maximum absolute atomic E-state index is 11.0. The van der Waals surface area contributed by atoms with E-state index in [1.54, 1.807) is 30.9 Å². The van der Waals surface area contributed by atoms with Crippen molar-refractivity contribution in [3.8, 4) is 11.8 Å². The topological polar surface area (TPSA) is 64.1 Å². The number of carbonyl (C=O) groups excluding carboxylic acids is 1. The molecule has 0 bridgehead atoms. The smallest absolute Gasteiger partial charge is 0.407 e. The minimum absolute atomic E-state index is 0.155. The van der Waals surface area contributed by atoms with Crippen molar-refractivity contribution < 1.29 is 9.53 Å². The highest BCUT2D eigenvalue weighted by atomic mass is 16.6. The summed E-state index contributed by atoms with van der Waals surface area (Å²) in [5.41, 5.74) is 2.57. The van der Waals surface area contributed by atoms with Crippen LogP contribution in [-0.2, 0) is 4.74 Å². The fourth-order valence-electron chi connectivity index (χ4n) is 1.86. The zero-order chi connectivity index (χ0) is 18.5. The van der Waals surface area contributed by atoms with Crippen molar-refractivity contribution in [3.63, 3.8) is 0 Å². The largest absolute Gasteiger partial charge is 0.447 e. The molecule has 0 aromatic carbocycles. The second kappa shape index (κ2) is 11.4. The Bertz CT molecular complexity index is 733. The van der Waals surface area contributed by atoms with Gasteiger partial charge in [0.1, 0.15) is 6.61 Å². The van der Waals surface area contributed by atoms with Gasteiger partial charge in [0.15, 0.2) is 0 Å². The lowest BCUT2D eigenvalue weighted by Crippen LogP contribution is -2.18. The first-order valence-corrected chi connectivity index (χ1v) is 8.10. The van der Waals surface area contributed by atoms with Gasteiger partial charge >= 0.3 is 6.09 Å². The van der Waals surface area contributed by atoms with Crippen molar-refractivity contribution in [1.82, 2.24) is 15.3 Å². The molecular weight excluding hydrogens is 314 g/mol. The van der Waals surface area contributed by atoms with Gasteiger partial charge in [0.25, 0.3) is 0 Å². The molecule has 1 fully saturated rings. The molecule has 2 aromatic heterocycles. The molecule has 0 unspecified atom stereocenters. The number of amides is 1. The molecule has 130 valence electrons. The molecule has 1 aliphatic rings. The Labute approximate surface area is 149 Å². The minimum atomic E-state index is -0.400. The molecular formula is C20H23N3O2. The molecule has 1 atom stereocenters. The van der Waals surface area contributed by atoms with Gasteiger partial charge in [-0.1, -0.05) is 31.8 Å². The standard InChI is InChI=1S/C15H11N3O2.C3H6.C2H6/c19-15-18-14(10-20-15)13-7-12(8-17-9-13)2-1-11-3-5-16-6-4-11;1-3-2;1-2/h3-9,14H,10H2,(H,18,19);3H,1H2,2H3;1-2H3/t14-;;/m0../s1. The summed E-state index contributed by atoms with van der Waals surface area (Å²) in [6.45, 7) is 9.57. The van der Waals surface area contributed by atoms with Crippen molar-refractivity contribution in [2.45, 2.75) is 26.8 Å². The number of pyridine rings is 2. The van der Waals surface area contributed by atoms with Crippen LogP contribution in [0, 0.1) is 11.8 Å². The number of rotatable bonds is 1. The monoisotopic (exact) mass is 337 g/mol. The number of carbonyl (C=O) groups is 1. The van der Waals surface area contributed by atoms with Crippen LogP contribution in [0.15, 0.2) is 55.6 Å². The molecule has 0 radical (unpaired) electrons. The maximum Gasteiger partial charge on any atom is 0.407 e. The Hall–Kier alpha value is -3.13. The van der Waals surface area contributed by atoms with Crippen LogP contribution in [0.4, 0.5) is 4.79 Å². The highest BCUT2D eigenvalue weighted by molar-refractivity contribution is 5.70. The van der Waals surface area contributed by atoms with Crippen molar-refractivity contribution in [2.24, 2.45) is 0 Å². The number of hydrogen-bond acceptors (Lipinski definition) is 4. The van der Waals surface area contributed by atoms with E-state index in [4.69, 9.17) is 4.74 Å². The Morgan fingerprint density at radius 2 is 1.84 bits per heavy atom. The van der Waals surface area contributed by atoms with Gasteiger partial charge in [0.2, 0.25) is 0 Å². The number of nitrogens with zero attached hydrogens (tertiary/aromatic N) is 2. The molecule has 1 saturated heterocycles. The fraction of sp³-hybridized carbons (Fsp3) is 0.250. The Morgan fingerprint density at radius 3 is 2.44 bits per heavy atom. The van der Waals surface area contributed by atoms with E-state index in [0.717, 1.165) is 16.7 Å². The quantitative estimate of drug-likeness (QED) is 0.634. The first kappa shape index (κ1) is 19.9. The maximum atomic E-state index is 11.0. The Balaban J connectivity index is 0.000000567. The Kier molecular flexibility index (Phi) is 9.09. The van der Waals surface area contributed by atoms with Crippen LogP contribution in [-0.4, -0.2) is 22.7 Å². The van der Waals surface area contributed by atoms with E-state index >= 15 is 0 Å². The first-order valence-electron chi connectivity index (χ1n) is 8.10. The molecule has 0 aliphatic carbocycles. The van der Waals surface area contributed by atoms with Gasteiger partial charge in [-0.2, -0.15) is 0 Å². The average Bonchev–Trinajstić information content (AvgIpc) is 3.10. The van der Waals surface area contributed by atoms with Gasteiger partial charge in [-0.3, -0.25) is 9.97 Å². The lowest BCUT2D eigenvalue weighted by molar-refractivity contribution is 0.177. The van der Waals surface area contributed by atoms with E-state index in [1.807, 2.05) is 39.0 Å². The zero-order valence-electron chi connectivity index (χ0n) is 14.8.